The minimum atomic E-state index is 0.0334. The Morgan fingerprint density at radius 1 is 1.35 bits per heavy atom. The lowest BCUT2D eigenvalue weighted by molar-refractivity contribution is -0.148. The molecule has 4 unspecified atom stereocenters. The highest BCUT2D eigenvalue weighted by atomic mass is 16.5. The van der Waals surface area contributed by atoms with E-state index in [4.69, 9.17) is 10.5 Å². The molecule has 2 aliphatic carbocycles. The van der Waals surface area contributed by atoms with Crippen molar-refractivity contribution >= 4 is 5.91 Å². The second-order valence-corrected chi connectivity index (χ2v) is 5.95. The van der Waals surface area contributed by atoms with E-state index in [9.17, 15) is 4.79 Å². The number of fused-ring (bicyclic) bond motifs is 1. The minimum absolute atomic E-state index is 0.0334. The van der Waals surface area contributed by atoms with Crippen molar-refractivity contribution < 1.29 is 9.53 Å². The Labute approximate surface area is 102 Å². The number of hydrogen-bond donors (Lipinski definition) is 1. The van der Waals surface area contributed by atoms with Crippen molar-refractivity contribution in [2.75, 3.05) is 19.7 Å². The van der Waals surface area contributed by atoms with Gasteiger partial charge in [0.2, 0.25) is 5.91 Å². The van der Waals surface area contributed by atoms with Gasteiger partial charge in [0.25, 0.3) is 0 Å². The lowest BCUT2D eigenvalue weighted by Gasteiger charge is -2.39. The molecule has 0 aromatic rings. The highest BCUT2D eigenvalue weighted by Crippen LogP contribution is 2.54. The molecule has 2 saturated carbocycles. The molecular weight excluding hydrogens is 216 g/mol. The topological polar surface area (TPSA) is 55.6 Å². The van der Waals surface area contributed by atoms with Gasteiger partial charge in [-0.2, -0.15) is 0 Å². The molecule has 3 fully saturated rings. The zero-order chi connectivity index (χ0) is 12.0. The van der Waals surface area contributed by atoms with E-state index in [1.165, 1.54) is 6.42 Å². The summed E-state index contributed by atoms with van der Waals surface area (Å²) in [5.74, 6) is 2.38. The van der Waals surface area contributed by atoms with Gasteiger partial charge in [-0.05, 0) is 38.0 Å². The number of ether oxygens (including phenoxy) is 1. The molecule has 0 spiro atoms. The number of nitrogens with two attached hydrogens (primary N) is 1. The van der Waals surface area contributed by atoms with Crippen LogP contribution in [0, 0.1) is 17.8 Å². The van der Waals surface area contributed by atoms with E-state index in [1.807, 2.05) is 4.90 Å². The Balaban J connectivity index is 1.62. The van der Waals surface area contributed by atoms with Crippen molar-refractivity contribution in [1.82, 2.24) is 4.90 Å². The minimum Gasteiger partial charge on any atom is -0.373 e. The Hall–Kier alpha value is -0.610. The first kappa shape index (κ1) is 11.5. The van der Waals surface area contributed by atoms with Crippen LogP contribution >= 0.6 is 0 Å². The molecule has 17 heavy (non-hydrogen) atoms. The van der Waals surface area contributed by atoms with Gasteiger partial charge in [0.15, 0.2) is 0 Å². The molecule has 1 aliphatic heterocycles. The van der Waals surface area contributed by atoms with E-state index in [-0.39, 0.29) is 18.1 Å². The van der Waals surface area contributed by atoms with Crippen molar-refractivity contribution in [1.29, 1.82) is 0 Å². The fraction of sp³-hybridized carbons (Fsp3) is 0.923. The summed E-state index contributed by atoms with van der Waals surface area (Å²) < 4.78 is 5.59. The van der Waals surface area contributed by atoms with Crippen LogP contribution in [-0.4, -0.2) is 42.6 Å². The van der Waals surface area contributed by atoms with Gasteiger partial charge >= 0.3 is 0 Å². The molecule has 1 amide bonds. The van der Waals surface area contributed by atoms with Crippen LogP contribution in [0.25, 0.3) is 0 Å². The summed E-state index contributed by atoms with van der Waals surface area (Å²) in [5.41, 5.74) is 5.63. The van der Waals surface area contributed by atoms with E-state index < -0.39 is 0 Å². The molecule has 1 heterocycles. The standard InChI is InChI=1S/C13H22N2O2/c1-8-7-17-12(5-14)6-15(8)13(16)11-3-9-2-10(9)4-11/h8-12H,2-7,14H2,1H3. The molecule has 4 nitrogen and oxygen atoms in total. The average Bonchev–Trinajstić information content (AvgIpc) is 2.96. The van der Waals surface area contributed by atoms with Crippen LogP contribution < -0.4 is 5.73 Å². The molecule has 0 aromatic carbocycles. The van der Waals surface area contributed by atoms with Gasteiger partial charge in [0, 0.05) is 19.0 Å². The second-order valence-electron chi connectivity index (χ2n) is 5.95. The van der Waals surface area contributed by atoms with Crippen molar-refractivity contribution in [3.05, 3.63) is 0 Å². The highest BCUT2D eigenvalue weighted by Gasteiger charge is 2.49. The van der Waals surface area contributed by atoms with Crippen LogP contribution in [0.15, 0.2) is 0 Å². The van der Waals surface area contributed by atoms with Gasteiger partial charge < -0.3 is 15.4 Å². The van der Waals surface area contributed by atoms with E-state index in [1.54, 1.807) is 0 Å². The molecule has 2 N–H and O–H groups in total. The molecule has 96 valence electrons. The lowest BCUT2D eigenvalue weighted by atomic mass is 10.00. The smallest absolute Gasteiger partial charge is 0.226 e. The summed E-state index contributed by atoms with van der Waals surface area (Å²) >= 11 is 0. The van der Waals surface area contributed by atoms with E-state index in [0.29, 0.717) is 25.6 Å². The molecule has 4 heteroatoms. The fourth-order valence-corrected chi connectivity index (χ4v) is 3.42. The molecule has 0 bridgehead atoms. The van der Waals surface area contributed by atoms with Crippen molar-refractivity contribution in [3.8, 4) is 0 Å². The van der Waals surface area contributed by atoms with Crippen LogP contribution in [0.5, 0.6) is 0 Å². The summed E-state index contributed by atoms with van der Waals surface area (Å²) in [6.45, 7) is 3.89. The number of carbonyl (C=O) groups is 1. The largest absolute Gasteiger partial charge is 0.373 e. The molecule has 3 aliphatic rings. The third-order valence-electron chi connectivity index (χ3n) is 4.64. The number of nitrogens with zero attached hydrogens (tertiary/aromatic N) is 1. The van der Waals surface area contributed by atoms with Crippen molar-refractivity contribution in [2.24, 2.45) is 23.5 Å². The molecular formula is C13H22N2O2. The maximum absolute atomic E-state index is 12.5. The monoisotopic (exact) mass is 238 g/mol. The lowest BCUT2D eigenvalue weighted by Crippen LogP contribution is -2.54. The summed E-state index contributed by atoms with van der Waals surface area (Å²) in [6.07, 6.45) is 3.65. The zero-order valence-electron chi connectivity index (χ0n) is 10.5. The highest BCUT2D eigenvalue weighted by molar-refractivity contribution is 5.80. The van der Waals surface area contributed by atoms with E-state index in [2.05, 4.69) is 6.92 Å². The normalized spacial score (nSPS) is 44.6. The Kier molecular flexibility index (Phi) is 2.87. The average molecular weight is 238 g/mol. The quantitative estimate of drug-likeness (QED) is 0.767. The third kappa shape index (κ3) is 2.08. The molecule has 0 aromatic heterocycles. The van der Waals surface area contributed by atoms with Crippen LogP contribution in [0.2, 0.25) is 0 Å². The number of hydrogen-bond acceptors (Lipinski definition) is 3. The van der Waals surface area contributed by atoms with Crippen molar-refractivity contribution in [3.63, 3.8) is 0 Å². The first-order valence-corrected chi connectivity index (χ1v) is 6.81. The van der Waals surface area contributed by atoms with Gasteiger partial charge in [-0.15, -0.1) is 0 Å². The predicted octanol–water partition coefficient (Wildman–Crippen LogP) is 0.607. The zero-order valence-corrected chi connectivity index (χ0v) is 10.5. The Bertz CT molecular complexity index is 311. The maximum atomic E-state index is 12.5. The summed E-state index contributed by atoms with van der Waals surface area (Å²) in [5, 5.41) is 0. The van der Waals surface area contributed by atoms with Gasteiger partial charge in [-0.3, -0.25) is 4.79 Å². The number of amides is 1. The van der Waals surface area contributed by atoms with Crippen LogP contribution in [0.3, 0.4) is 0 Å². The number of morpholine rings is 1. The molecule has 1 saturated heterocycles. The number of carbonyl (C=O) groups excluding carboxylic acids is 1. The molecule has 0 radical (unpaired) electrons. The summed E-state index contributed by atoms with van der Waals surface area (Å²) in [7, 11) is 0. The number of rotatable bonds is 2. The van der Waals surface area contributed by atoms with Crippen LogP contribution in [0.1, 0.15) is 26.2 Å². The second kappa shape index (κ2) is 4.25. The van der Waals surface area contributed by atoms with E-state index in [0.717, 1.165) is 24.7 Å². The van der Waals surface area contributed by atoms with Crippen LogP contribution in [-0.2, 0) is 9.53 Å². The maximum Gasteiger partial charge on any atom is 0.226 e. The first-order chi connectivity index (χ1) is 8.19. The third-order valence-corrected chi connectivity index (χ3v) is 4.64. The predicted molar refractivity (Wildman–Crippen MR) is 64.3 cm³/mol. The molecule has 3 rings (SSSR count). The fourth-order valence-electron chi connectivity index (χ4n) is 3.42. The SMILES string of the molecule is CC1COC(CN)CN1C(=O)C1CC2CC2C1. The van der Waals surface area contributed by atoms with Gasteiger partial charge in [0.05, 0.1) is 18.8 Å². The summed E-state index contributed by atoms with van der Waals surface area (Å²) in [6, 6.07) is 0.210. The van der Waals surface area contributed by atoms with Crippen molar-refractivity contribution in [2.45, 2.75) is 38.3 Å². The van der Waals surface area contributed by atoms with Gasteiger partial charge in [-0.1, -0.05) is 0 Å². The van der Waals surface area contributed by atoms with E-state index >= 15 is 0 Å². The molecule has 4 atom stereocenters. The summed E-state index contributed by atoms with van der Waals surface area (Å²) in [4.78, 5) is 14.5. The van der Waals surface area contributed by atoms with Gasteiger partial charge in [0.1, 0.15) is 0 Å². The van der Waals surface area contributed by atoms with Gasteiger partial charge in [-0.25, -0.2) is 0 Å². The Morgan fingerprint density at radius 3 is 2.71 bits per heavy atom. The van der Waals surface area contributed by atoms with Crippen LogP contribution in [0.4, 0.5) is 0 Å². The first-order valence-electron chi connectivity index (χ1n) is 6.81. The Morgan fingerprint density at radius 2 is 2.06 bits per heavy atom.